The number of hydrogen-bond donors (Lipinski definition) is 1. The van der Waals surface area contributed by atoms with Crippen LogP contribution in [0.25, 0.3) is 11.0 Å². The van der Waals surface area contributed by atoms with Gasteiger partial charge in [0.25, 0.3) is 0 Å². The molecule has 0 spiro atoms. The van der Waals surface area contributed by atoms with Crippen molar-refractivity contribution in [2.75, 3.05) is 37.7 Å². The minimum Gasteiger partial charge on any atom is -0.460 e. The zero-order chi connectivity index (χ0) is 15.5. The second kappa shape index (κ2) is 6.08. The molecule has 3 rings (SSSR count). The molecule has 0 aliphatic carbocycles. The molecule has 0 amide bonds. The van der Waals surface area contributed by atoms with E-state index in [2.05, 4.69) is 16.3 Å². The molecule has 0 unspecified atom stereocenters. The van der Waals surface area contributed by atoms with E-state index in [1.807, 2.05) is 6.07 Å². The topological polar surface area (TPSA) is 78.5 Å². The number of carbonyl (C=O) groups is 1. The lowest BCUT2D eigenvalue weighted by atomic mass is 10.1. The quantitative estimate of drug-likeness (QED) is 0.872. The van der Waals surface area contributed by atoms with Gasteiger partial charge in [0.1, 0.15) is 11.7 Å². The molecule has 1 aromatic carbocycles. The minimum absolute atomic E-state index is 0.130. The Balaban J connectivity index is 2.05. The normalized spacial score (nSPS) is 14.8. The lowest BCUT2D eigenvalue weighted by Gasteiger charge is -2.30. The van der Waals surface area contributed by atoms with Crippen LogP contribution in [0.4, 0.5) is 5.69 Å². The molecule has 22 heavy (non-hydrogen) atoms. The van der Waals surface area contributed by atoms with E-state index in [-0.39, 0.29) is 12.4 Å². The Morgan fingerprint density at radius 2 is 2.23 bits per heavy atom. The van der Waals surface area contributed by atoms with Crippen molar-refractivity contribution in [2.45, 2.75) is 6.92 Å². The van der Waals surface area contributed by atoms with Crippen molar-refractivity contribution in [3.05, 3.63) is 29.5 Å². The zero-order valence-corrected chi connectivity index (χ0v) is 12.4. The Morgan fingerprint density at radius 1 is 1.45 bits per heavy atom. The van der Waals surface area contributed by atoms with E-state index in [4.69, 9.17) is 9.15 Å². The maximum absolute atomic E-state index is 11.8. The SMILES string of the molecule is CCOC(=O)c1cc2c(C#N)c(N3CCNCC3)ccc2o1. The highest BCUT2D eigenvalue weighted by molar-refractivity contribution is 5.97. The van der Waals surface area contributed by atoms with E-state index in [1.54, 1.807) is 19.1 Å². The summed E-state index contributed by atoms with van der Waals surface area (Å²) in [5, 5.41) is 13.5. The average Bonchev–Trinajstić information content (AvgIpc) is 2.99. The molecule has 2 heterocycles. The summed E-state index contributed by atoms with van der Waals surface area (Å²) in [6.07, 6.45) is 0. The first-order valence-electron chi connectivity index (χ1n) is 7.34. The maximum Gasteiger partial charge on any atom is 0.374 e. The van der Waals surface area contributed by atoms with Crippen LogP contribution in [0.15, 0.2) is 22.6 Å². The molecule has 1 N–H and O–H groups in total. The van der Waals surface area contributed by atoms with Gasteiger partial charge in [0.05, 0.1) is 17.9 Å². The number of carbonyl (C=O) groups excluding carboxylic acids is 1. The number of nitrogens with zero attached hydrogens (tertiary/aromatic N) is 2. The van der Waals surface area contributed by atoms with Gasteiger partial charge in [-0.2, -0.15) is 5.26 Å². The lowest BCUT2D eigenvalue weighted by molar-refractivity contribution is 0.0492. The third-order valence-electron chi connectivity index (χ3n) is 3.72. The first-order valence-corrected chi connectivity index (χ1v) is 7.34. The molecule has 6 nitrogen and oxygen atoms in total. The first-order chi connectivity index (χ1) is 10.7. The van der Waals surface area contributed by atoms with Crippen LogP contribution in [-0.2, 0) is 4.74 Å². The van der Waals surface area contributed by atoms with Crippen molar-refractivity contribution in [3.8, 4) is 6.07 Å². The molecule has 1 fully saturated rings. The number of piperazine rings is 1. The highest BCUT2D eigenvalue weighted by Crippen LogP contribution is 2.31. The van der Waals surface area contributed by atoms with Gasteiger partial charge in [0, 0.05) is 37.6 Å². The molecule has 1 saturated heterocycles. The van der Waals surface area contributed by atoms with Crippen LogP contribution in [0, 0.1) is 11.3 Å². The molecule has 1 aliphatic rings. The van der Waals surface area contributed by atoms with Gasteiger partial charge in [-0.3, -0.25) is 0 Å². The van der Waals surface area contributed by atoms with Gasteiger partial charge in [-0.25, -0.2) is 4.79 Å². The van der Waals surface area contributed by atoms with Crippen molar-refractivity contribution in [1.82, 2.24) is 5.32 Å². The van der Waals surface area contributed by atoms with E-state index >= 15 is 0 Å². The van der Waals surface area contributed by atoms with Crippen molar-refractivity contribution in [3.63, 3.8) is 0 Å². The number of esters is 1. The molecular weight excluding hydrogens is 282 g/mol. The fourth-order valence-electron chi connectivity index (χ4n) is 2.69. The smallest absolute Gasteiger partial charge is 0.374 e. The summed E-state index contributed by atoms with van der Waals surface area (Å²) < 4.78 is 10.5. The summed E-state index contributed by atoms with van der Waals surface area (Å²) in [6.45, 7) is 5.51. The molecule has 114 valence electrons. The van der Waals surface area contributed by atoms with Gasteiger partial charge in [-0.05, 0) is 19.1 Å². The fourth-order valence-corrected chi connectivity index (χ4v) is 2.69. The maximum atomic E-state index is 11.8. The number of nitriles is 1. The van der Waals surface area contributed by atoms with Crippen LogP contribution in [0.2, 0.25) is 0 Å². The van der Waals surface area contributed by atoms with Gasteiger partial charge in [0.15, 0.2) is 0 Å². The highest BCUT2D eigenvalue weighted by atomic mass is 16.5. The van der Waals surface area contributed by atoms with E-state index in [1.165, 1.54) is 0 Å². The van der Waals surface area contributed by atoms with Crippen LogP contribution >= 0.6 is 0 Å². The Hall–Kier alpha value is -2.52. The van der Waals surface area contributed by atoms with Gasteiger partial charge in [-0.1, -0.05) is 0 Å². The Morgan fingerprint density at radius 3 is 2.91 bits per heavy atom. The third kappa shape index (κ3) is 2.51. The lowest BCUT2D eigenvalue weighted by Crippen LogP contribution is -2.43. The van der Waals surface area contributed by atoms with Crippen LogP contribution in [0.5, 0.6) is 0 Å². The van der Waals surface area contributed by atoms with Gasteiger partial charge in [0.2, 0.25) is 5.76 Å². The fraction of sp³-hybridized carbons (Fsp3) is 0.375. The molecule has 6 heteroatoms. The number of nitrogens with one attached hydrogen (secondary N) is 1. The van der Waals surface area contributed by atoms with Crippen molar-refractivity contribution in [2.24, 2.45) is 0 Å². The second-order valence-corrected chi connectivity index (χ2v) is 5.05. The standard InChI is InChI=1S/C16H17N3O3/c1-2-21-16(20)15-9-11-12(10-17)13(3-4-14(11)22-15)19-7-5-18-6-8-19/h3-4,9,18H,2,5-8H2,1H3. The number of benzene rings is 1. The van der Waals surface area contributed by atoms with Gasteiger partial charge in [-0.15, -0.1) is 0 Å². The highest BCUT2D eigenvalue weighted by Gasteiger charge is 2.20. The van der Waals surface area contributed by atoms with E-state index in [0.29, 0.717) is 16.5 Å². The van der Waals surface area contributed by atoms with Crippen LogP contribution < -0.4 is 10.2 Å². The number of hydrogen-bond acceptors (Lipinski definition) is 6. The first kappa shape index (κ1) is 14.4. The van der Waals surface area contributed by atoms with Crippen LogP contribution in [0.1, 0.15) is 23.0 Å². The number of fused-ring (bicyclic) bond motifs is 1. The van der Waals surface area contributed by atoms with Crippen molar-refractivity contribution < 1.29 is 13.9 Å². The zero-order valence-electron chi connectivity index (χ0n) is 12.4. The number of rotatable bonds is 3. The Bertz CT molecular complexity index is 739. The molecule has 1 aliphatic heterocycles. The van der Waals surface area contributed by atoms with Crippen molar-refractivity contribution >= 4 is 22.6 Å². The van der Waals surface area contributed by atoms with E-state index in [9.17, 15) is 10.1 Å². The monoisotopic (exact) mass is 299 g/mol. The molecule has 0 bridgehead atoms. The van der Waals surface area contributed by atoms with Gasteiger partial charge < -0.3 is 19.4 Å². The molecule has 0 saturated carbocycles. The summed E-state index contributed by atoms with van der Waals surface area (Å²) in [4.78, 5) is 14.0. The second-order valence-electron chi connectivity index (χ2n) is 5.05. The van der Waals surface area contributed by atoms with E-state index in [0.717, 1.165) is 31.9 Å². The number of ether oxygens (including phenoxy) is 1. The Kier molecular flexibility index (Phi) is 3.98. The van der Waals surface area contributed by atoms with Crippen LogP contribution in [-0.4, -0.2) is 38.8 Å². The molecule has 2 aromatic rings. The van der Waals surface area contributed by atoms with Crippen LogP contribution in [0.3, 0.4) is 0 Å². The largest absolute Gasteiger partial charge is 0.460 e. The van der Waals surface area contributed by atoms with E-state index < -0.39 is 5.97 Å². The number of anilines is 1. The molecule has 0 atom stereocenters. The summed E-state index contributed by atoms with van der Waals surface area (Å²) in [5.41, 5.74) is 1.95. The predicted octanol–water partition coefficient (Wildman–Crippen LogP) is 1.89. The molecule has 0 radical (unpaired) electrons. The van der Waals surface area contributed by atoms with Crippen molar-refractivity contribution in [1.29, 1.82) is 5.26 Å². The average molecular weight is 299 g/mol. The summed E-state index contributed by atoms with van der Waals surface area (Å²) >= 11 is 0. The summed E-state index contributed by atoms with van der Waals surface area (Å²) in [6, 6.07) is 7.52. The third-order valence-corrected chi connectivity index (χ3v) is 3.72. The summed E-state index contributed by atoms with van der Waals surface area (Å²) in [7, 11) is 0. The molecular formula is C16H17N3O3. The van der Waals surface area contributed by atoms with Gasteiger partial charge >= 0.3 is 5.97 Å². The number of furan rings is 1. The minimum atomic E-state index is -0.508. The summed E-state index contributed by atoms with van der Waals surface area (Å²) in [5.74, 6) is -0.378. The molecule has 1 aromatic heterocycles. The Labute approximate surface area is 128 Å². The predicted molar refractivity (Wildman–Crippen MR) is 82.0 cm³/mol.